The average Bonchev–Trinajstić information content (AvgIpc) is 2.66. The Balaban J connectivity index is 1.58. The number of carbonyl (C=O) groups is 1. The third-order valence-corrected chi connectivity index (χ3v) is 8.62. The fourth-order valence-electron chi connectivity index (χ4n) is 3.80. The number of aryl methyl sites for hydroxylation is 1. The summed E-state index contributed by atoms with van der Waals surface area (Å²) in [6, 6.07) is 5.34. The molecule has 0 spiro atoms. The van der Waals surface area contributed by atoms with E-state index >= 15 is 0 Å². The zero-order valence-corrected chi connectivity index (χ0v) is 17.7. The van der Waals surface area contributed by atoms with Crippen molar-refractivity contribution in [2.45, 2.75) is 57.1 Å². The lowest BCUT2D eigenvalue weighted by molar-refractivity contribution is 0.0956. The van der Waals surface area contributed by atoms with Crippen molar-refractivity contribution in [3.05, 3.63) is 29.3 Å². The Labute approximate surface area is 167 Å². The summed E-state index contributed by atoms with van der Waals surface area (Å²) in [5.74, 6) is 0.978. The van der Waals surface area contributed by atoms with Crippen molar-refractivity contribution in [3.63, 3.8) is 0 Å². The molecule has 1 saturated carbocycles. The van der Waals surface area contributed by atoms with Crippen molar-refractivity contribution in [2.24, 2.45) is 0 Å². The largest absolute Gasteiger partial charge is 0.351 e. The van der Waals surface area contributed by atoms with Crippen molar-refractivity contribution in [3.8, 4) is 0 Å². The molecule has 150 valence electrons. The molecule has 0 bridgehead atoms. The first-order chi connectivity index (χ1) is 13.0. The van der Waals surface area contributed by atoms with Gasteiger partial charge in [0.2, 0.25) is 10.0 Å². The first-order valence-electron chi connectivity index (χ1n) is 9.98. The SMILES string of the molecule is Cc1ccc(C(=O)NCCSC2CCCCC2)cc1N1CCCCS1(=O)=O. The van der Waals surface area contributed by atoms with E-state index in [0.29, 0.717) is 30.8 Å². The number of hydrogen-bond donors (Lipinski definition) is 1. The van der Waals surface area contributed by atoms with Crippen LogP contribution in [0.4, 0.5) is 5.69 Å². The standard InChI is InChI=1S/C20H30N2O3S2/c1-16-9-10-17(15-19(16)22-12-5-6-14-27(22,24)25)20(23)21-11-13-26-18-7-3-2-4-8-18/h9-10,15,18H,2-8,11-14H2,1H3,(H,21,23). The molecule has 1 aliphatic carbocycles. The molecular weight excluding hydrogens is 380 g/mol. The molecule has 7 heteroatoms. The molecule has 2 aliphatic rings. The Morgan fingerprint density at radius 2 is 1.96 bits per heavy atom. The van der Waals surface area contributed by atoms with Crippen LogP contribution >= 0.6 is 11.8 Å². The van der Waals surface area contributed by atoms with Crippen LogP contribution in [-0.2, 0) is 10.0 Å². The van der Waals surface area contributed by atoms with E-state index in [1.807, 2.05) is 24.8 Å². The molecule has 1 N–H and O–H groups in total. The summed E-state index contributed by atoms with van der Waals surface area (Å²) in [4.78, 5) is 12.5. The molecule has 2 fully saturated rings. The molecule has 0 atom stereocenters. The van der Waals surface area contributed by atoms with Gasteiger partial charge in [0.25, 0.3) is 5.91 Å². The maximum absolute atomic E-state index is 12.5. The predicted octanol–water partition coefficient (Wildman–Crippen LogP) is 3.72. The maximum Gasteiger partial charge on any atom is 0.251 e. The third kappa shape index (κ3) is 5.41. The zero-order valence-electron chi connectivity index (χ0n) is 16.1. The van der Waals surface area contributed by atoms with E-state index in [9.17, 15) is 13.2 Å². The molecule has 0 unspecified atom stereocenters. The van der Waals surface area contributed by atoms with Gasteiger partial charge in [-0.3, -0.25) is 9.10 Å². The summed E-state index contributed by atoms with van der Waals surface area (Å²) in [5, 5.41) is 3.72. The molecule has 1 aliphatic heterocycles. The highest BCUT2D eigenvalue weighted by molar-refractivity contribution is 7.99. The zero-order chi connectivity index (χ0) is 19.3. The van der Waals surface area contributed by atoms with Crippen LogP contribution in [0.15, 0.2) is 18.2 Å². The van der Waals surface area contributed by atoms with Crippen LogP contribution in [-0.4, -0.2) is 44.2 Å². The highest BCUT2D eigenvalue weighted by atomic mass is 32.2. The molecule has 1 heterocycles. The highest BCUT2D eigenvalue weighted by Gasteiger charge is 2.27. The van der Waals surface area contributed by atoms with Gasteiger partial charge in [-0.15, -0.1) is 0 Å². The van der Waals surface area contributed by atoms with Gasteiger partial charge < -0.3 is 5.32 Å². The molecule has 1 amide bonds. The predicted molar refractivity (Wildman–Crippen MR) is 113 cm³/mol. The maximum atomic E-state index is 12.5. The van der Waals surface area contributed by atoms with Crippen LogP contribution in [0.2, 0.25) is 0 Å². The molecule has 1 aromatic rings. The van der Waals surface area contributed by atoms with Gasteiger partial charge in [0, 0.05) is 29.7 Å². The minimum absolute atomic E-state index is 0.130. The number of carbonyl (C=O) groups excluding carboxylic acids is 1. The van der Waals surface area contributed by atoms with Crippen molar-refractivity contribution >= 4 is 33.4 Å². The number of benzene rings is 1. The van der Waals surface area contributed by atoms with Crippen LogP contribution in [0.1, 0.15) is 60.9 Å². The Morgan fingerprint density at radius 3 is 2.70 bits per heavy atom. The molecule has 0 aromatic heterocycles. The second-order valence-electron chi connectivity index (χ2n) is 7.48. The lowest BCUT2D eigenvalue weighted by Crippen LogP contribution is -2.38. The summed E-state index contributed by atoms with van der Waals surface area (Å²) in [5.41, 5.74) is 2.04. The minimum Gasteiger partial charge on any atom is -0.351 e. The fraction of sp³-hybridized carbons (Fsp3) is 0.650. The lowest BCUT2D eigenvalue weighted by atomic mass is 10.0. The number of nitrogens with one attached hydrogen (secondary N) is 1. The van der Waals surface area contributed by atoms with E-state index in [1.165, 1.54) is 36.4 Å². The normalized spacial score (nSPS) is 20.4. The molecule has 27 heavy (non-hydrogen) atoms. The number of thioether (sulfide) groups is 1. The van der Waals surface area contributed by atoms with Gasteiger partial charge in [-0.1, -0.05) is 25.3 Å². The van der Waals surface area contributed by atoms with Crippen LogP contribution in [0.25, 0.3) is 0 Å². The Bertz CT molecular complexity index is 758. The summed E-state index contributed by atoms with van der Waals surface area (Å²) >= 11 is 1.96. The summed E-state index contributed by atoms with van der Waals surface area (Å²) < 4.78 is 26.3. The minimum atomic E-state index is -3.28. The molecule has 3 rings (SSSR count). The number of anilines is 1. The summed E-state index contributed by atoms with van der Waals surface area (Å²) in [6.07, 6.45) is 8.17. The van der Waals surface area contributed by atoms with Gasteiger partial charge in [0.05, 0.1) is 11.4 Å². The number of hydrogen-bond acceptors (Lipinski definition) is 4. The van der Waals surface area contributed by atoms with Gasteiger partial charge in [-0.05, 0) is 50.3 Å². The van der Waals surface area contributed by atoms with Gasteiger partial charge in [0.1, 0.15) is 0 Å². The number of amides is 1. The van der Waals surface area contributed by atoms with Crippen molar-refractivity contribution in [2.75, 3.05) is 28.9 Å². The second kappa shape index (κ2) is 9.32. The van der Waals surface area contributed by atoms with Gasteiger partial charge in [-0.2, -0.15) is 11.8 Å². The van der Waals surface area contributed by atoms with E-state index in [1.54, 1.807) is 12.1 Å². The van der Waals surface area contributed by atoms with E-state index in [4.69, 9.17) is 0 Å². The first-order valence-corrected chi connectivity index (χ1v) is 12.6. The molecule has 0 radical (unpaired) electrons. The molecule has 1 saturated heterocycles. The second-order valence-corrected chi connectivity index (χ2v) is 10.9. The van der Waals surface area contributed by atoms with Crippen LogP contribution in [0.3, 0.4) is 0 Å². The number of rotatable bonds is 6. The van der Waals surface area contributed by atoms with Gasteiger partial charge in [0.15, 0.2) is 0 Å². The van der Waals surface area contributed by atoms with Crippen LogP contribution in [0.5, 0.6) is 0 Å². The molecular formula is C20H30N2O3S2. The molecule has 1 aromatic carbocycles. The Morgan fingerprint density at radius 1 is 1.19 bits per heavy atom. The number of sulfonamides is 1. The smallest absolute Gasteiger partial charge is 0.251 e. The van der Waals surface area contributed by atoms with Crippen LogP contribution in [0, 0.1) is 6.92 Å². The van der Waals surface area contributed by atoms with Crippen molar-refractivity contribution < 1.29 is 13.2 Å². The lowest BCUT2D eigenvalue weighted by Gasteiger charge is -2.29. The first kappa shape index (κ1) is 20.5. The van der Waals surface area contributed by atoms with E-state index in [0.717, 1.165) is 23.0 Å². The van der Waals surface area contributed by atoms with Crippen molar-refractivity contribution in [1.82, 2.24) is 5.32 Å². The fourth-order valence-corrected chi connectivity index (χ4v) is 6.72. The summed E-state index contributed by atoms with van der Waals surface area (Å²) in [6.45, 7) is 3.03. The third-order valence-electron chi connectivity index (χ3n) is 5.38. The number of nitrogens with zero attached hydrogens (tertiary/aromatic N) is 1. The quantitative estimate of drug-likeness (QED) is 0.726. The van der Waals surface area contributed by atoms with Crippen molar-refractivity contribution in [1.29, 1.82) is 0 Å². The van der Waals surface area contributed by atoms with E-state index < -0.39 is 10.0 Å². The monoisotopic (exact) mass is 410 g/mol. The molecule has 5 nitrogen and oxygen atoms in total. The van der Waals surface area contributed by atoms with Gasteiger partial charge >= 0.3 is 0 Å². The van der Waals surface area contributed by atoms with E-state index in [-0.39, 0.29) is 11.7 Å². The summed E-state index contributed by atoms with van der Waals surface area (Å²) in [7, 11) is -3.28. The van der Waals surface area contributed by atoms with Crippen LogP contribution < -0.4 is 9.62 Å². The van der Waals surface area contributed by atoms with E-state index in [2.05, 4.69) is 5.32 Å². The average molecular weight is 411 g/mol. The highest BCUT2D eigenvalue weighted by Crippen LogP contribution is 2.29. The Hall–Kier alpha value is -1.21. The van der Waals surface area contributed by atoms with Gasteiger partial charge in [-0.25, -0.2) is 8.42 Å². The Kier molecular flexibility index (Phi) is 7.09. The topological polar surface area (TPSA) is 66.5 Å².